The molecule has 3 rings (SSSR count). The summed E-state index contributed by atoms with van der Waals surface area (Å²) in [6.07, 6.45) is -0.196. The van der Waals surface area contributed by atoms with Crippen LogP contribution in [0.3, 0.4) is 0 Å². The third-order valence-corrected chi connectivity index (χ3v) is 4.56. The lowest BCUT2D eigenvalue weighted by Crippen LogP contribution is -2.34. The maximum Gasteiger partial charge on any atom is 0.309 e. The molecule has 2 aromatic rings. The first-order valence-corrected chi connectivity index (χ1v) is 8.19. The maximum absolute atomic E-state index is 12.6. The van der Waals surface area contributed by atoms with Crippen molar-refractivity contribution in [1.29, 1.82) is 0 Å². The second-order valence-corrected chi connectivity index (χ2v) is 6.31. The number of carbonyl (C=O) groups excluding carboxylic acids is 2. The predicted molar refractivity (Wildman–Crippen MR) is 89.2 cm³/mol. The van der Waals surface area contributed by atoms with Crippen LogP contribution in [0.2, 0.25) is 0 Å². The summed E-state index contributed by atoms with van der Waals surface area (Å²) in [5.41, 5.74) is 2.11. The Hall–Kier alpha value is -2.74. The van der Waals surface area contributed by atoms with Crippen molar-refractivity contribution < 1.29 is 19.5 Å². The number of imide groups is 1. The van der Waals surface area contributed by atoms with Crippen molar-refractivity contribution in [3.05, 3.63) is 40.9 Å². The average Bonchev–Trinajstić information content (AvgIpc) is 3.06. The normalized spacial score (nSPS) is 17.4. The van der Waals surface area contributed by atoms with Crippen LogP contribution in [0.4, 0.5) is 10.8 Å². The topological polar surface area (TPSA) is 99.6 Å². The van der Waals surface area contributed by atoms with Crippen LogP contribution in [0.5, 0.6) is 0 Å². The second kappa shape index (κ2) is 6.40. The van der Waals surface area contributed by atoms with Gasteiger partial charge in [-0.15, -0.1) is 11.3 Å². The maximum atomic E-state index is 12.6. The van der Waals surface area contributed by atoms with Crippen molar-refractivity contribution in [2.45, 2.75) is 25.8 Å². The molecule has 1 aromatic carbocycles. The molecule has 1 fully saturated rings. The fraction of sp³-hybridized carbons (Fsp3) is 0.250. The molecule has 0 aliphatic carbocycles. The number of carboxylic acids is 1. The number of nitrogens with one attached hydrogen (secondary N) is 1. The van der Waals surface area contributed by atoms with Gasteiger partial charge in [-0.25, -0.2) is 9.88 Å². The number of amides is 2. The van der Waals surface area contributed by atoms with Crippen molar-refractivity contribution in [1.82, 2.24) is 4.98 Å². The molecule has 2 amide bonds. The van der Waals surface area contributed by atoms with E-state index < -0.39 is 12.0 Å². The fourth-order valence-corrected chi connectivity index (χ4v) is 3.35. The van der Waals surface area contributed by atoms with Gasteiger partial charge in [0.2, 0.25) is 5.91 Å². The van der Waals surface area contributed by atoms with Gasteiger partial charge in [0.1, 0.15) is 6.04 Å². The van der Waals surface area contributed by atoms with Gasteiger partial charge in [-0.1, -0.05) is 18.2 Å². The third-order valence-electron chi connectivity index (χ3n) is 3.68. The zero-order valence-electron chi connectivity index (χ0n) is 12.9. The van der Waals surface area contributed by atoms with Crippen molar-refractivity contribution in [2.75, 3.05) is 10.2 Å². The summed E-state index contributed by atoms with van der Waals surface area (Å²) in [5, 5.41) is 13.6. The van der Waals surface area contributed by atoms with Crippen LogP contribution in [0.25, 0.3) is 0 Å². The molecule has 1 atom stereocenters. The highest BCUT2D eigenvalue weighted by Gasteiger charge is 2.41. The number of hydrogen-bond donors (Lipinski definition) is 2. The second-order valence-electron chi connectivity index (χ2n) is 5.48. The fourth-order valence-electron chi connectivity index (χ4n) is 2.50. The molecule has 0 radical (unpaired) electrons. The monoisotopic (exact) mass is 345 g/mol. The number of thiazole rings is 1. The SMILES string of the molecule is Cc1ccccc1NC1CC(=O)N(c2nc(CC(=O)O)cs2)C1=O. The van der Waals surface area contributed by atoms with Gasteiger partial charge in [0.05, 0.1) is 18.5 Å². The number of hydrogen-bond acceptors (Lipinski definition) is 6. The molecular weight excluding hydrogens is 330 g/mol. The van der Waals surface area contributed by atoms with Gasteiger partial charge in [0, 0.05) is 11.1 Å². The summed E-state index contributed by atoms with van der Waals surface area (Å²) in [4.78, 5) is 40.6. The van der Waals surface area contributed by atoms with Gasteiger partial charge >= 0.3 is 5.97 Å². The van der Waals surface area contributed by atoms with E-state index in [1.165, 1.54) is 0 Å². The Morgan fingerprint density at radius 1 is 1.42 bits per heavy atom. The van der Waals surface area contributed by atoms with Crippen LogP contribution in [0, 0.1) is 6.92 Å². The minimum atomic E-state index is -1.01. The lowest BCUT2D eigenvalue weighted by Gasteiger charge is -2.15. The molecule has 1 aromatic heterocycles. The van der Waals surface area contributed by atoms with Crippen LogP contribution < -0.4 is 10.2 Å². The van der Waals surface area contributed by atoms with Crippen LogP contribution in [0.1, 0.15) is 17.7 Å². The average molecular weight is 345 g/mol. The minimum Gasteiger partial charge on any atom is -0.481 e. The molecular formula is C16H15N3O4S. The molecule has 1 unspecified atom stereocenters. The summed E-state index contributed by atoms with van der Waals surface area (Å²) in [5.74, 6) is -1.73. The Bertz CT molecular complexity index is 817. The first kappa shape index (κ1) is 16.1. The molecule has 8 heteroatoms. The van der Waals surface area contributed by atoms with E-state index in [-0.39, 0.29) is 29.8 Å². The lowest BCUT2D eigenvalue weighted by atomic mass is 10.1. The number of carbonyl (C=O) groups is 3. The molecule has 1 aliphatic heterocycles. The van der Waals surface area contributed by atoms with E-state index in [0.717, 1.165) is 27.5 Å². The summed E-state index contributed by atoms with van der Waals surface area (Å²) >= 11 is 1.09. The zero-order valence-corrected chi connectivity index (χ0v) is 13.7. The summed E-state index contributed by atoms with van der Waals surface area (Å²) < 4.78 is 0. The van der Waals surface area contributed by atoms with Gasteiger partial charge in [-0.2, -0.15) is 0 Å². The molecule has 0 spiro atoms. The first-order valence-electron chi connectivity index (χ1n) is 7.31. The van der Waals surface area contributed by atoms with Gasteiger partial charge in [-0.3, -0.25) is 14.4 Å². The van der Waals surface area contributed by atoms with Crippen LogP contribution in [0.15, 0.2) is 29.6 Å². The van der Waals surface area contributed by atoms with Gasteiger partial charge < -0.3 is 10.4 Å². The Morgan fingerprint density at radius 3 is 2.88 bits per heavy atom. The van der Waals surface area contributed by atoms with E-state index in [4.69, 9.17) is 5.11 Å². The Kier molecular flexibility index (Phi) is 4.30. The van der Waals surface area contributed by atoms with Gasteiger partial charge in [0.15, 0.2) is 5.13 Å². The van der Waals surface area contributed by atoms with Crippen LogP contribution >= 0.6 is 11.3 Å². The number of benzene rings is 1. The Labute approximate surface area is 141 Å². The highest BCUT2D eigenvalue weighted by molar-refractivity contribution is 7.14. The number of aryl methyl sites for hydroxylation is 1. The number of para-hydroxylation sites is 1. The van der Waals surface area contributed by atoms with Crippen molar-refractivity contribution >= 4 is 39.9 Å². The Balaban J connectivity index is 1.78. The van der Waals surface area contributed by atoms with E-state index in [0.29, 0.717) is 5.69 Å². The van der Waals surface area contributed by atoms with Crippen LogP contribution in [-0.2, 0) is 20.8 Å². The molecule has 2 N–H and O–H groups in total. The van der Waals surface area contributed by atoms with E-state index in [9.17, 15) is 14.4 Å². The van der Waals surface area contributed by atoms with E-state index >= 15 is 0 Å². The largest absolute Gasteiger partial charge is 0.481 e. The number of rotatable bonds is 5. The van der Waals surface area contributed by atoms with E-state index in [1.807, 2.05) is 31.2 Å². The molecule has 124 valence electrons. The van der Waals surface area contributed by atoms with Gasteiger partial charge in [0.25, 0.3) is 5.91 Å². The van der Waals surface area contributed by atoms with Crippen molar-refractivity contribution in [2.24, 2.45) is 0 Å². The Morgan fingerprint density at radius 2 is 2.17 bits per heavy atom. The smallest absolute Gasteiger partial charge is 0.309 e. The summed E-state index contributed by atoms with van der Waals surface area (Å²) in [6.45, 7) is 1.92. The molecule has 1 aliphatic rings. The number of aliphatic carboxylic acids is 1. The molecule has 0 saturated carbocycles. The molecule has 1 saturated heterocycles. The number of nitrogens with zero attached hydrogens (tertiary/aromatic N) is 2. The zero-order chi connectivity index (χ0) is 17.3. The predicted octanol–water partition coefficient (Wildman–Crippen LogP) is 1.82. The van der Waals surface area contributed by atoms with E-state index in [2.05, 4.69) is 10.3 Å². The third kappa shape index (κ3) is 3.13. The molecule has 7 nitrogen and oxygen atoms in total. The number of aromatic nitrogens is 1. The molecule has 0 bridgehead atoms. The number of carboxylic acid groups (broad SMARTS) is 1. The summed E-state index contributed by atoms with van der Waals surface area (Å²) in [7, 11) is 0. The van der Waals surface area contributed by atoms with Crippen molar-refractivity contribution in [3.8, 4) is 0 Å². The lowest BCUT2D eigenvalue weighted by molar-refractivity contribution is -0.136. The van der Waals surface area contributed by atoms with Crippen LogP contribution in [-0.4, -0.2) is 33.9 Å². The highest BCUT2D eigenvalue weighted by atomic mass is 32.1. The minimum absolute atomic E-state index is 0.0427. The number of anilines is 2. The van der Waals surface area contributed by atoms with Gasteiger partial charge in [-0.05, 0) is 18.6 Å². The highest BCUT2D eigenvalue weighted by Crippen LogP contribution is 2.28. The molecule has 2 heterocycles. The van der Waals surface area contributed by atoms with E-state index in [1.54, 1.807) is 5.38 Å². The quantitative estimate of drug-likeness (QED) is 0.802. The standard InChI is InChI=1S/C16H15N3O4S/c1-9-4-2-3-5-11(9)18-12-7-13(20)19(15(12)23)16-17-10(8-24-16)6-14(21)22/h2-5,8,12,18H,6-7H2,1H3,(H,21,22). The van der Waals surface area contributed by atoms with Crippen molar-refractivity contribution in [3.63, 3.8) is 0 Å². The molecule has 24 heavy (non-hydrogen) atoms. The summed E-state index contributed by atoms with van der Waals surface area (Å²) in [6, 6.07) is 6.87. The first-order chi connectivity index (χ1) is 11.5.